The fraction of sp³-hybridized carbons (Fsp3) is 0.364. The first-order valence-electron chi connectivity index (χ1n) is 4.33. The fourth-order valence-corrected chi connectivity index (χ4v) is 1.29. The highest BCUT2D eigenvalue weighted by Gasteiger charge is 2.20. The minimum atomic E-state index is -0.255. The maximum Gasteiger partial charge on any atom is 0.158 e. The van der Waals surface area contributed by atoms with Crippen LogP contribution in [0.25, 0.3) is 0 Å². The molecule has 0 fully saturated rings. The number of nitrogens with zero attached hydrogens (tertiary/aromatic N) is 1. The Balaban J connectivity index is 3.45. The Labute approximate surface area is 83.2 Å². The van der Waals surface area contributed by atoms with Crippen molar-refractivity contribution >= 4 is 0 Å². The number of benzene rings is 1. The predicted molar refractivity (Wildman–Crippen MR) is 53.2 cm³/mol. The molecule has 0 aliphatic rings. The summed E-state index contributed by atoms with van der Waals surface area (Å²) in [4.78, 5) is 0. The molecule has 0 unspecified atom stereocenters. The van der Waals surface area contributed by atoms with Gasteiger partial charge in [0.2, 0.25) is 0 Å². The van der Waals surface area contributed by atoms with Gasteiger partial charge in [-0.05, 0) is 17.0 Å². The molecule has 0 spiro atoms. The highest BCUT2D eigenvalue weighted by molar-refractivity contribution is 5.52. The van der Waals surface area contributed by atoms with Gasteiger partial charge in [0, 0.05) is 6.07 Å². The molecule has 0 atom stereocenters. The molecule has 1 aromatic rings. The van der Waals surface area contributed by atoms with Crippen molar-refractivity contribution in [1.82, 2.24) is 0 Å². The average Bonchev–Trinajstić information content (AvgIpc) is 2.07. The second-order valence-electron chi connectivity index (χ2n) is 4.25. The van der Waals surface area contributed by atoms with E-state index >= 15 is 0 Å². The quantitative estimate of drug-likeness (QED) is 0.618. The van der Waals surface area contributed by atoms with Gasteiger partial charge in [0.05, 0.1) is 11.6 Å². The highest BCUT2D eigenvalue weighted by Crippen LogP contribution is 2.34. The first-order chi connectivity index (χ1) is 6.36. The molecule has 3 heteroatoms. The molecule has 0 bridgehead atoms. The van der Waals surface area contributed by atoms with E-state index in [0.717, 1.165) is 5.56 Å². The summed E-state index contributed by atoms with van der Waals surface area (Å²) in [6, 6.07) is 4.73. The van der Waals surface area contributed by atoms with Crippen molar-refractivity contribution in [1.29, 1.82) is 5.26 Å². The average molecular weight is 191 g/mol. The van der Waals surface area contributed by atoms with Crippen LogP contribution in [0.3, 0.4) is 0 Å². The third kappa shape index (κ3) is 1.80. The van der Waals surface area contributed by atoms with Crippen LogP contribution in [0.15, 0.2) is 12.1 Å². The molecule has 14 heavy (non-hydrogen) atoms. The largest absolute Gasteiger partial charge is 0.504 e. The lowest BCUT2D eigenvalue weighted by atomic mass is 9.84. The van der Waals surface area contributed by atoms with Crippen LogP contribution in [0, 0.1) is 11.3 Å². The van der Waals surface area contributed by atoms with Gasteiger partial charge in [-0.3, -0.25) is 0 Å². The standard InChI is InChI=1S/C11H13NO2/c1-11(2,3)8-5-10(14)9(13)4-7(8)6-12/h4-5,13-14H,1-3H3. The summed E-state index contributed by atoms with van der Waals surface area (Å²) in [5, 5.41) is 27.4. The molecule has 0 aliphatic carbocycles. The maximum absolute atomic E-state index is 9.32. The van der Waals surface area contributed by atoms with Crippen molar-refractivity contribution in [2.75, 3.05) is 0 Å². The van der Waals surface area contributed by atoms with Gasteiger partial charge in [0.1, 0.15) is 0 Å². The van der Waals surface area contributed by atoms with Crippen LogP contribution in [-0.2, 0) is 5.41 Å². The first-order valence-corrected chi connectivity index (χ1v) is 4.33. The Bertz CT molecular complexity index is 397. The van der Waals surface area contributed by atoms with Crippen molar-refractivity contribution in [2.24, 2.45) is 0 Å². The Morgan fingerprint density at radius 2 is 1.64 bits per heavy atom. The van der Waals surface area contributed by atoms with Crippen molar-refractivity contribution in [2.45, 2.75) is 26.2 Å². The Kier molecular flexibility index (Phi) is 2.39. The smallest absolute Gasteiger partial charge is 0.158 e. The van der Waals surface area contributed by atoms with Gasteiger partial charge in [0.25, 0.3) is 0 Å². The molecule has 74 valence electrons. The van der Waals surface area contributed by atoms with Gasteiger partial charge >= 0.3 is 0 Å². The van der Waals surface area contributed by atoms with Crippen LogP contribution in [-0.4, -0.2) is 10.2 Å². The zero-order valence-corrected chi connectivity index (χ0v) is 8.50. The molecule has 2 N–H and O–H groups in total. The van der Waals surface area contributed by atoms with Gasteiger partial charge in [-0.25, -0.2) is 0 Å². The molecule has 0 aromatic heterocycles. The van der Waals surface area contributed by atoms with Crippen molar-refractivity contribution in [3.63, 3.8) is 0 Å². The molecule has 0 saturated carbocycles. The summed E-state index contributed by atoms with van der Waals surface area (Å²) in [5.41, 5.74) is 0.902. The van der Waals surface area contributed by atoms with Gasteiger partial charge < -0.3 is 10.2 Å². The van der Waals surface area contributed by atoms with E-state index in [1.165, 1.54) is 12.1 Å². The zero-order chi connectivity index (χ0) is 10.9. The van der Waals surface area contributed by atoms with E-state index in [1.807, 2.05) is 26.8 Å². The lowest BCUT2D eigenvalue weighted by molar-refractivity contribution is 0.401. The second kappa shape index (κ2) is 3.22. The number of phenolic OH excluding ortho intramolecular Hbond substituents is 2. The van der Waals surface area contributed by atoms with E-state index < -0.39 is 0 Å². The van der Waals surface area contributed by atoms with E-state index in [2.05, 4.69) is 0 Å². The van der Waals surface area contributed by atoms with E-state index in [-0.39, 0.29) is 16.9 Å². The van der Waals surface area contributed by atoms with Crippen molar-refractivity contribution in [3.05, 3.63) is 23.3 Å². The minimum Gasteiger partial charge on any atom is -0.504 e. The summed E-state index contributed by atoms with van der Waals surface area (Å²) < 4.78 is 0. The monoisotopic (exact) mass is 191 g/mol. The summed E-state index contributed by atoms with van der Waals surface area (Å²) in [6.07, 6.45) is 0. The third-order valence-electron chi connectivity index (χ3n) is 2.04. The number of phenols is 2. The molecular formula is C11H13NO2. The molecule has 0 amide bonds. The molecule has 0 heterocycles. The molecule has 3 nitrogen and oxygen atoms in total. The van der Waals surface area contributed by atoms with E-state index in [1.54, 1.807) is 0 Å². The topological polar surface area (TPSA) is 64.2 Å². The van der Waals surface area contributed by atoms with Crippen LogP contribution in [0.1, 0.15) is 31.9 Å². The Hall–Kier alpha value is -1.69. The number of aromatic hydroxyl groups is 2. The molecule has 1 rings (SSSR count). The van der Waals surface area contributed by atoms with Crippen LogP contribution >= 0.6 is 0 Å². The van der Waals surface area contributed by atoms with Gasteiger partial charge in [-0.2, -0.15) is 5.26 Å². The second-order valence-corrected chi connectivity index (χ2v) is 4.25. The van der Waals surface area contributed by atoms with Gasteiger partial charge in [-0.1, -0.05) is 20.8 Å². The number of hydrogen-bond acceptors (Lipinski definition) is 3. The minimum absolute atomic E-state index is 0.186. The lowest BCUT2D eigenvalue weighted by Gasteiger charge is -2.20. The van der Waals surface area contributed by atoms with E-state index in [4.69, 9.17) is 5.26 Å². The van der Waals surface area contributed by atoms with Crippen LogP contribution in [0.4, 0.5) is 0 Å². The highest BCUT2D eigenvalue weighted by atomic mass is 16.3. The SMILES string of the molecule is CC(C)(C)c1cc(O)c(O)cc1C#N. The third-order valence-corrected chi connectivity index (χ3v) is 2.04. The van der Waals surface area contributed by atoms with Crippen molar-refractivity contribution < 1.29 is 10.2 Å². The summed E-state index contributed by atoms with van der Waals surface area (Å²) in [6.45, 7) is 5.83. The molecular weight excluding hydrogens is 178 g/mol. The van der Waals surface area contributed by atoms with Gasteiger partial charge in [0.15, 0.2) is 11.5 Å². The number of rotatable bonds is 0. The van der Waals surface area contributed by atoms with Crippen LogP contribution < -0.4 is 0 Å². The molecule has 1 aromatic carbocycles. The first kappa shape index (κ1) is 10.4. The van der Waals surface area contributed by atoms with E-state index in [0.29, 0.717) is 5.56 Å². The summed E-state index contributed by atoms with van der Waals surface area (Å²) >= 11 is 0. The number of hydrogen-bond donors (Lipinski definition) is 2. The fourth-order valence-electron chi connectivity index (χ4n) is 1.29. The summed E-state index contributed by atoms with van der Waals surface area (Å²) in [5.74, 6) is -0.441. The molecule has 0 saturated heterocycles. The predicted octanol–water partition coefficient (Wildman–Crippen LogP) is 2.27. The van der Waals surface area contributed by atoms with Crippen molar-refractivity contribution in [3.8, 4) is 17.6 Å². The lowest BCUT2D eigenvalue weighted by Crippen LogP contribution is -2.13. The van der Waals surface area contributed by atoms with Crippen LogP contribution in [0.2, 0.25) is 0 Å². The van der Waals surface area contributed by atoms with Gasteiger partial charge in [-0.15, -0.1) is 0 Å². The summed E-state index contributed by atoms with van der Waals surface area (Å²) in [7, 11) is 0. The zero-order valence-electron chi connectivity index (χ0n) is 8.50. The normalized spacial score (nSPS) is 11.0. The van der Waals surface area contributed by atoms with Crippen LogP contribution in [0.5, 0.6) is 11.5 Å². The Morgan fingerprint density at radius 1 is 1.14 bits per heavy atom. The Morgan fingerprint density at radius 3 is 2.07 bits per heavy atom. The number of nitriles is 1. The molecule has 0 radical (unpaired) electrons. The van der Waals surface area contributed by atoms with E-state index in [9.17, 15) is 10.2 Å². The molecule has 0 aliphatic heterocycles. The maximum atomic E-state index is 9.32.